The van der Waals surface area contributed by atoms with Gasteiger partial charge in [0.2, 0.25) is 0 Å². The molecule has 0 radical (unpaired) electrons. The number of benzene rings is 2. The fraction of sp³-hybridized carbons (Fsp3) is 0.292. The lowest BCUT2D eigenvalue weighted by molar-refractivity contribution is 0.111. The molecule has 1 fully saturated rings. The van der Waals surface area contributed by atoms with Crippen LogP contribution in [0.15, 0.2) is 58.5 Å². The van der Waals surface area contributed by atoms with E-state index in [-0.39, 0.29) is 0 Å². The van der Waals surface area contributed by atoms with Gasteiger partial charge in [0, 0.05) is 48.1 Å². The molecule has 0 aliphatic carbocycles. The molecular weight excluding hydrogens is 420 g/mol. The van der Waals surface area contributed by atoms with E-state index < -0.39 is 0 Å². The SMILES string of the molecule is CCc1nc(C=O)c(Nc2ccc(N3CCN(C)CC3)cc2)nc1Sc1cccc(N)c1. The predicted molar refractivity (Wildman–Crippen MR) is 131 cm³/mol. The number of anilines is 4. The summed E-state index contributed by atoms with van der Waals surface area (Å²) >= 11 is 1.50. The maximum absolute atomic E-state index is 11.7. The van der Waals surface area contributed by atoms with E-state index in [1.165, 1.54) is 17.4 Å². The van der Waals surface area contributed by atoms with Gasteiger partial charge in [-0.15, -0.1) is 0 Å². The van der Waals surface area contributed by atoms with Crippen LogP contribution in [0.25, 0.3) is 0 Å². The zero-order chi connectivity index (χ0) is 22.5. The van der Waals surface area contributed by atoms with Gasteiger partial charge < -0.3 is 20.9 Å². The smallest absolute Gasteiger partial charge is 0.172 e. The highest BCUT2D eigenvalue weighted by Gasteiger charge is 2.16. The van der Waals surface area contributed by atoms with Crippen LogP contribution in [-0.4, -0.2) is 54.4 Å². The first kappa shape index (κ1) is 22.1. The summed E-state index contributed by atoms with van der Waals surface area (Å²) in [5.41, 5.74) is 9.78. The van der Waals surface area contributed by atoms with E-state index in [9.17, 15) is 4.79 Å². The quantitative estimate of drug-likeness (QED) is 0.413. The maximum atomic E-state index is 11.7. The number of nitrogen functional groups attached to an aromatic ring is 1. The van der Waals surface area contributed by atoms with Gasteiger partial charge in [-0.05, 0) is 55.9 Å². The van der Waals surface area contributed by atoms with Crippen molar-refractivity contribution in [2.24, 2.45) is 0 Å². The van der Waals surface area contributed by atoms with Crippen LogP contribution in [-0.2, 0) is 6.42 Å². The average Bonchev–Trinajstić information content (AvgIpc) is 2.80. The molecule has 0 saturated carbocycles. The largest absolute Gasteiger partial charge is 0.399 e. The number of piperazine rings is 1. The fourth-order valence-electron chi connectivity index (χ4n) is 3.60. The number of hydrogen-bond acceptors (Lipinski definition) is 8. The Hall–Kier alpha value is -3.10. The third kappa shape index (κ3) is 5.20. The Morgan fingerprint density at radius 3 is 2.50 bits per heavy atom. The minimum atomic E-state index is 0.307. The summed E-state index contributed by atoms with van der Waals surface area (Å²) in [6.45, 7) is 6.18. The van der Waals surface area contributed by atoms with Crippen molar-refractivity contribution in [1.82, 2.24) is 14.9 Å². The Balaban J connectivity index is 1.56. The van der Waals surface area contributed by atoms with E-state index in [1.807, 2.05) is 43.3 Å². The monoisotopic (exact) mass is 448 g/mol. The first-order chi connectivity index (χ1) is 15.6. The first-order valence-electron chi connectivity index (χ1n) is 10.8. The molecule has 166 valence electrons. The number of aromatic nitrogens is 2. The van der Waals surface area contributed by atoms with Crippen LogP contribution in [0.1, 0.15) is 23.1 Å². The van der Waals surface area contributed by atoms with Crippen molar-refractivity contribution < 1.29 is 4.79 Å². The molecule has 1 aliphatic heterocycles. The molecule has 0 atom stereocenters. The minimum absolute atomic E-state index is 0.307. The Kier molecular flexibility index (Phi) is 6.92. The fourth-order valence-corrected chi connectivity index (χ4v) is 4.61. The topological polar surface area (TPSA) is 87.4 Å². The number of aryl methyl sites for hydroxylation is 1. The molecule has 1 saturated heterocycles. The maximum Gasteiger partial charge on any atom is 0.172 e. The van der Waals surface area contributed by atoms with Crippen LogP contribution in [0.2, 0.25) is 0 Å². The molecule has 0 amide bonds. The number of rotatable bonds is 7. The first-order valence-corrected chi connectivity index (χ1v) is 11.6. The predicted octanol–water partition coefficient (Wildman–Crippen LogP) is 4.08. The van der Waals surface area contributed by atoms with Crippen molar-refractivity contribution in [3.8, 4) is 0 Å². The summed E-state index contributed by atoms with van der Waals surface area (Å²) in [4.78, 5) is 26.7. The van der Waals surface area contributed by atoms with Crippen molar-refractivity contribution in [3.63, 3.8) is 0 Å². The number of hydrogen-bond donors (Lipinski definition) is 2. The molecule has 0 spiro atoms. The van der Waals surface area contributed by atoms with Crippen LogP contribution in [0.4, 0.5) is 22.9 Å². The van der Waals surface area contributed by atoms with Gasteiger partial charge in [0.1, 0.15) is 10.7 Å². The number of carbonyl (C=O) groups is 1. The van der Waals surface area contributed by atoms with Gasteiger partial charge >= 0.3 is 0 Å². The molecule has 2 aromatic carbocycles. The van der Waals surface area contributed by atoms with Gasteiger partial charge in [-0.25, -0.2) is 9.97 Å². The number of nitrogens with zero attached hydrogens (tertiary/aromatic N) is 4. The van der Waals surface area contributed by atoms with Gasteiger partial charge in [-0.3, -0.25) is 4.79 Å². The van der Waals surface area contributed by atoms with E-state index in [0.29, 0.717) is 23.6 Å². The molecule has 3 aromatic rings. The van der Waals surface area contributed by atoms with Gasteiger partial charge in [-0.2, -0.15) is 0 Å². The number of nitrogens with one attached hydrogen (secondary N) is 1. The molecule has 0 unspecified atom stereocenters. The van der Waals surface area contributed by atoms with E-state index >= 15 is 0 Å². The third-order valence-corrected chi connectivity index (χ3v) is 6.49. The third-order valence-electron chi connectivity index (χ3n) is 5.48. The molecule has 4 rings (SSSR count). The van der Waals surface area contributed by atoms with Gasteiger partial charge in [0.25, 0.3) is 0 Å². The molecule has 8 heteroatoms. The molecule has 3 N–H and O–H groups in total. The molecule has 7 nitrogen and oxygen atoms in total. The zero-order valence-electron chi connectivity index (χ0n) is 18.4. The average molecular weight is 449 g/mol. The van der Waals surface area contributed by atoms with Crippen LogP contribution in [0.5, 0.6) is 0 Å². The summed E-state index contributed by atoms with van der Waals surface area (Å²) in [5.74, 6) is 0.455. The van der Waals surface area contributed by atoms with Crippen LogP contribution in [0, 0.1) is 0 Å². The Labute approximate surface area is 193 Å². The molecule has 32 heavy (non-hydrogen) atoms. The number of nitrogens with two attached hydrogens (primary N) is 1. The van der Waals surface area contributed by atoms with Crippen molar-refractivity contribution in [2.45, 2.75) is 23.3 Å². The Morgan fingerprint density at radius 1 is 1.09 bits per heavy atom. The highest BCUT2D eigenvalue weighted by molar-refractivity contribution is 7.99. The normalized spacial score (nSPS) is 14.4. The van der Waals surface area contributed by atoms with E-state index in [2.05, 4.69) is 39.3 Å². The lowest BCUT2D eigenvalue weighted by atomic mass is 10.2. The standard InChI is InChI=1S/C24H28N6OS/c1-3-21-24(32-20-6-4-5-17(25)15-20)28-23(22(16-31)27-21)26-18-7-9-19(10-8-18)30-13-11-29(2)12-14-30/h4-10,15-16H,3,11-14,25H2,1-2H3,(H,26,28). The second-order valence-electron chi connectivity index (χ2n) is 7.82. The summed E-state index contributed by atoms with van der Waals surface area (Å²) in [6.07, 6.45) is 1.43. The van der Waals surface area contributed by atoms with Crippen LogP contribution in [0.3, 0.4) is 0 Å². The van der Waals surface area contributed by atoms with Crippen molar-refractivity contribution in [1.29, 1.82) is 0 Å². The lowest BCUT2D eigenvalue weighted by Crippen LogP contribution is -2.44. The number of aldehydes is 1. The Morgan fingerprint density at radius 2 is 1.84 bits per heavy atom. The second kappa shape index (κ2) is 10.0. The highest BCUT2D eigenvalue weighted by atomic mass is 32.2. The number of carbonyl (C=O) groups excluding carboxylic acids is 1. The Bertz CT molecular complexity index is 1080. The van der Waals surface area contributed by atoms with Gasteiger partial charge in [0.15, 0.2) is 12.1 Å². The highest BCUT2D eigenvalue weighted by Crippen LogP contribution is 2.32. The van der Waals surface area contributed by atoms with Crippen molar-refractivity contribution in [2.75, 3.05) is 49.2 Å². The molecule has 1 aromatic heterocycles. The summed E-state index contributed by atoms with van der Waals surface area (Å²) in [5, 5.41) is 4.04. The van der Waals surface area contributed by atoms with E-state index in [0.717, 1.165) is 53.8 Å². The van der Waals surface area contributed by atoms with E-state index in [4.69, 9.17) is 10.7 Å². The van der Waals surface area contributed by atoms with E-state index in [1.54, 1.807) is 0 Å². The molecule has 0 bridgehead atoms. The summed E-state index contributed by atoms with van der Waals surface area (Å²) in [6, 6.07) is 15.9. The van der Waals surface area contributed by atoms with Crippen molar-refractivity contribution >= 4 is 40.9 Å². The minimum Gasteiger partial charge on any atom is -0.399 e. The van der Waals surface area contributed by atoms with Crippen LogP contribution >= 0.6 is 11.8 Å². The molecule has 1 aliphatic rings. The molecular formula is C24H28N6OS. The zero-order valence-corrected chi connectivity index (χ0v) is 19.2. The summed E-state index contributed by atoms with van der Waals surface area (Å²) in [7, 11) is 2.15. The second-order valence-corrected chi connectivity index (χ2v) is 8.88. The lowest BCUT2D eigenvalue weighted by Gasteiger charge is -2.34. The van der Waals surface area contributed by atoms with Gasteiger partial charge in [-0.1, -0.05) is 24.8 Å². The molecule has 2 heterocycles. The summed E-state index contributed by atoms with van der Waals surface area (Å²) < 4.78 is 0. The number of likely N-dealkylation sites (N-methyl/N-ethyl adjacent to an activating group) is 1. The van der Waals surface area contributed by atoms with Crippen molar-refractivity contribution in [3.05, 3.63) is 59.9 Å². The van der Waals surface area contributed by atoms with Gasteiger partial charge in [0.05, 0.1) is 5.69 Å². The van der Waals surface area contributed by atoms with Crippen LogP contribution < -0.4 is 16.0 Å².